The lowest BCUT2D eigenvalue weighted by atomic mass is 10.0. The molecular weight excluding hydrogens is 340 g/mol. The lowest BCUT2D eigenvalue weighted by molar-refractivity contribution is -0.117. The van der Waals surface area contributed by atoms with Crippen LogP contribution in [0.15, 0.2) is 73.1 Å². The number of ketones is 1. The van der Waals surface area contributed by atoms with Crippen LogP contribution in [0.1, 0.15) is 15.9 Å². The first-order chi connectivity index (χ1) is 13.2. The number of rotatable bonds is 5. The Labute approximate surface area is 157 Å². The monoisotopic (exact) mass is 358 g/mol. The van der Waals surface area contributed by atoms with Gasteiger partial charge in [-0.05, 0) is 29.3 Å². The molecule has 0 saturated heterocycles. The fourth-order valence-corrected chi connectivity index (χ4v) is 3.15. The van der Waals surface area contributed by atoms with Gasteiger partial charge in [0.15, 0.2) is 0 Å². The Kier molecular flexibility index (Phi) is 4.66. The van der Waals surface area contributed by atoms with Crippen molar-refractivity contribution in [2.75, 3.05) is 6.54 Å². The summed E-state index contributed by atoms with van der Waals surface area (Å²) in [4.78, 5) is 28.3. The Balaban J connectivity index is 1.38. The lowest BCUT2D eigenvalue weighted by Gasteiger charge is -2.11. The summed E-state index contributed by atoms with van der Waals surface area (Å²) in [7, 11) is 0. The topological polar surface area (TPSA) is 68.3 Å². The number of benzene rings is 2. The van der Waals surface area contributed by atoms with Crippen molar-refractivity contribution in [3.05, 3.63) is 84.2 Å². The number of nitrogens with zero attached hydrogens (tertiary/aromatic N) is 1. The highest BCUT2D eigenvalue weighted by molar-refractivity contribution is 6.42. The average molecular weight is 358 g/mol. The molecule has 2 heterocycles. The number of hydrogen-bond acceptors (Lipinski definition) is 4. The summed E-state index contributed by atoms with van der Waals surface area (Å²) >= 11 is 0. The van der Waals surface area contributed by atoms with E-state index in [9.17, 15) is 9.59 Å². The Morgan fingerprint density at radius 3 is 2.67 bits per heavy atom. The van der Waals surface area contributed by atoms with Gasteiger partial charge in [-0.1, -0.05) is 42.5 Å². The minimum Gasteiger partial charge on any atom is -0.488 e. The minimum absolute atomic E-state index is 0.184. The highest BCUT2D eigenvalue weighted by atomic mass is 16.5. The van der Waals surface area contributed by atoms with E-state index in [-0.39, 0.29) is 12.6 Å². The summed E-state index contributed by atoms with van der Waals surface area (Å²) in [5.74, 6) is -0.335. The van der Waals surface area contributed by atoms with E-state index in [1.807, 2.05) is 30.5 Å². The van der Waals surface area contributed by atoms with Crippen LogP contribution >= 0.6 is 0 Å². The minimum atomic E-state index is -0.614. The molecule has 2 aromatic carbocycles. The Morgan fingerprint density at radius 1 is 1.04 bits per heavy atom. The van der Waals surface area contributed by atoms with Crippen LogP contribution in [0.5, 0.6) is 5.75 Å². The number of pyridine rings is 1. The summed E-state index contributed by atoms with van der Waals surface area (Å²) in [5, 5.41) is 2.68. The van der Waals surface area contributed by atoms with E-state index in [2.05, 4.69) is 16.4 Å². The van der Waals surface area contributed by atoms with E-state index in [1.165, 1.54) is 0 Å². The quantitative estimate of drug-likeness (QED) is 0.562. The predicted octanol–water partition coefficient (Wildman–Crippen LogP) is 3.05. The Morgan fingerprint density at radius 2 is 1.89 bits per heavy atom. The molecule has 1 atom stereocenters. The molecule has 5 heteroatoms. The van der Waals surface area contributed by atoms with Gasteiger partial charge in [-0.25, -0.2) is 0 Å². The molecular formula is C22H18N2O3. The smallest absolute Gasteiger partial charge is 0.292 e. The Hall–Kier alpha value is -3.47. The molecule has 1 amide bonds. The molecule has 0 fully saturated rings. The van der Waals surface area contributed by atoms with Gasteiger partial charge in [-0.3, -0.25) is 14.6 Å². The summed E-state index contributed by atoms with van der Waals surface area (Å²) in [6.45, 7) is 0.286. The third-order valence-corrected chi connectivity index (χ3v) is 4.53. The maximum Gasteiger partial charge on any atom is 0.292 e. The number of aromatic nitrogens is 1. The molecule has 134 valence electrons. The first-order valence-electron chi connectivity index (χ1n) is 8.78. The molecule has 1 aliphatic rings. The van der Waals surface area contributed by atoms with E-state index < -0.39 is 11.7 Å². The van der Waals surface area contributed by atoms with Crippen molar-refractivity contribution in [2.45, 2.75) is 12.5 Å². The van der Waals surface area contributed by atoms with Gasteiger partial charge < -0.3 is 10.1 Å². The first-order valence-corrected chi connectivity index (χ1v) is 8.78. The van der Waals surface area contributed by atoms with Crippen molar-refractivity contribution < 1.29 is 14.3 Å². The number of nitrogens with one attached hydrogen (secondary N) is 1. The van der Waals surface area contributed by atoms with Crippen LogP contribution in [-0.2, 0) is 11.2 Å². The summed E-state index contributed by atoms with van der Waals surface area (Å²) in [6.07, 6.45) is 4.07. The largest absolute Gasteiger partial charge is 0.488 e. The second-order valence-corrected chi connectivity index (χ2v) is 6.41. The highest BCUT2D eigenvalue weighted by Gasteiger charge is 2.25. The highest BCUT2D eigenvalue weighted by Crippen LogP contribution is 2.32. The number of fused-ring (bicyclic) bond motifs is 1. The van der Waals surface area contributed by atoms with Crippen LogP contribution in [0, 0.1) is 0 Å². The van der Waals surface area contributed by atoms with Gasteiger partial charge in [0.2, 0.25) is 5.78 Å². The molecule has 0 radical (unpaired) electrons. The van der Waals surface area contributed by atoms with Gasteiger partial charge in [-0.2, -0.15) is 0 Å². The maximum atomic E-state index is 12.1. The average Bonchev–Trinajstić information content (AvgIpc) is 3.15. The number of amides is 1. The lowest BCUT2D eigenvalue weighted by Crippen LogP contribution is -2.38. The van der Waals surface area contributed by atoms with Crippen LogP contribution in [0.4, 0.5) is 0 Å². The number of ether oxygens (including phenoxy) is 1. The van der Waals surface area contributed by atoms with E-state index in [0.29, 0.717) is 12.0 Å². The van der Waals surface area contributed by atoms with Crippen molar-refractivity contribution in [1.29, 1.82) is 0 Å². The van der Waals surface area contributed by atoms with Gasteiger partial charge >= 0.3 is 0 Å². The third kappa shape index (κ3) is 3.72. The number of carbonyl (C=O) groups excluding carboxylic acids is 2. The Bertz CT molecular complexity index is 971. The van der Waals surface area contributed by atoms with Crippen LogP contribution in [0.3, 0.4) is 0 Å². The van der Waals surface area contributed by atoms with Crippen LogP contribution in [0.2, 0.25) is 0 Å². The molecule has 0 aliphatic carbocycles. The maximum absolute atomic E-state index is 12.1. The fourth-order valence-electron chi connectivity index (χ4n) is 3.15. The summed E-state index contributed by atoms with van der Waals surface area (Å²) < 4.78 is 5.89. The second-order valence-electron chi connectivity index (χ2n) is 6.41. The van der Waals surface area contributed by atoms with Gasteiger partial charge in [0.25, 0.3) is 5.91 Å². The van der Waals surface area contributed by atoms with Crippen LogP contribution in [0.25, 0.3) is 11.1 Å². The zero-order valence-corrected chi connectivity index (χ0v) is 14.6. The normalized spacial score (nSPS) is 14.9. The van der Waals surface area contributed by atoms with E-state index >= 15 is 0 Å². The molecule has 0 spiro atoms. The van der Waals surface area contributed by atoms with Crippen molar-refractivity contribution in [2.24, 2.45) is 0 Å². The van der Waals surface area contributed by atoms with E-state index in [1.54, 1.807) is 36.5 Å². The predicted molar refractivity (Wildman–Crippen MR) is 102 cm³/mol. The van der Waals surface area contributed by atoms with E-state index in [0.717, 1.165) is 22.4 Å². The zero-order valence-electron chi connectivity index (χ0n) is 14.6. The summed E-state index contributed by atoms with van der Waals surface area (Å²) in [5.41, 5.74) is 3.59. The molecule has 1 N–H and O–H groups in total. The standard InChI is InChI=1S/C22H18N2O3/c25-21(15-5-2-1-3-6-15)22(26)24-14-19-12-18-11-16(8-9-20(18)27-19)17-7-4-10-23-13-17/h1-11,13,19H,12,14H2,(H,24,26). The summed E-state index contributed by atoms with van der Waals surface area (Å²) in [6, 6.07) is 18.5. The molecule has 0 saturated carbocycles. The molecule has 1 aromatic heterocycles. The van der Waals surface area contributed by atoms with Crippen molar-refractivity contribution in [3.63, 3.8) is 0 Å². The number of Topliss-reactive ketones (excluding diaryl/α,β-unsaturated/α-hetero) is 1. The van der Waals surface area contributed by atoms with Crippen molar-refractivity contribution in [1.82, 2.24) is 10.3 Å². The van der Waals surface area contributed by atoms with E-state index in [4.69, 9.17) is 4.74 Å². The number of carbonyl (C=O) groups is 2. The fraction of sp³-hybridized carbons (Fsp3) is 0.136. The third-order valence-electron chi connectivity index (χ3n) is 4.53. The van der Waals surface area contributed by atoms with Gasteiger partial charge in [0, 0.05) is 29.9 Å². The number of hydrogen-bond donors (Lipinski definition) is 1. The van der Waals surface area contributed by atoms with Crippen LogP contribution < -0.4 is 10.1 Å². The first kappa shape index (κ1) is 17.0. The second kappa shape index (κ2) is 7.41. The molecule has 3 aromatic rings. The molecule has 0 bridgehead atoms. The molecule has 27 heavy (non-hydrogen) atoms. The van der Waals surface area contributed by atoms with Crippen molar-refractivity contribution >= 4 is 11.7 Å². The van der Waals surface area contributed by atoms with Gasteiger partial charge in [-0.15, -0.1) is 0 Å². The van der Waals surface area contributed by atoms with Crippen LogP contribution in [-0.4, -0.2) is 29.3 Å². The van der Waals surface area contributed by atoms with Gasteiger partial charge in [0.1, 0.15) is 11.9 Å². The molecule has 4 rings (SSSR count). The van der Waals surface area contributed by atoms with Crippen molar-refractivity contribution in [3.8, 4) is 16.9 Å². The molecule has 5 nitrogen and oxygen atoms in total. The molecule has 1 aliphatic heterocycles. The molecule has 1 unspecified atom stereocenters. The zero-order chi connectivity index (χ0) is 18.6. The SMILES string of the molecule is O=C(NCC1Cc2cc(-c3cccnc3)ccc2O1)C(=O)c1ccccc1. The van der Waals surface area contributed by atoms with Gasteiger partial charge in [0.05, 0.1) is 6.54 Å².